The Morgan fingerprint density at radius 3 is 2.65 bits per heavy atom. The highest BCUT2D eigenvalue weighted by Gasteiger charge is 2.15. The number of methoxy groups -OCH3 is 1. The number of fused-ring (bicyclic) bond motifs is 2. The molecule has 3 heterocycles. The second-order valence-corrected chi connectivity index (χ2v) is 8.74. The van der Waals surface area contributed by atoms with Gasteiger partial charge >= 0.3 is 5.97 Å². The number of hydrogen-bond donors (Lipinski definition) is 0. The van der Waals surface area contributed by atoms with Gasteiger partial charge in [0.1, 0.15) is 5.65 Å². The molecule has 0 unspecified atom stereocenters. The number of pyridine rings is 1. The third-order valence-corrected chi connectivity index (χ3v) is 6.58. The van der Waals surface area contributed by atoms with Crippen molar-refractivity contribution in [3.8, 4) is 0 Å². The molecular weight excluding hydrogens is 448 g/mol. The molecule has 0 saturated heterocycles. The van der Waals surface area contributed by atoms with Gasteiger partial charge in [-0.15, -0.1) is 0 Å². The fraction of sp³-hybridized carbons (Fsp3) is 0.154. The zero-order valence-corrected chi connectivity index (χ0v) is 19.4. The fourth-order valence-corrected chi connectivity index (χ4v) is 4.74. The maximum Gasteiger partial charge on any atom is 0.337 e. The Balaban J connectivity index is 1.52. The van der Waals surface area contributed by atoms with Crippen molar-refractivity contribution in [2.75, 3.05) is 7.11 Å². The third-order valence-electron chi connectivity index (χ3n) is 5.57. The van der Waals surface area contributed by atoms with Crippen LogP contribution in [0.4, 0.5) is 0 Å². The summed E-state index contributed by atoms with van der Waals surface area (Å²) in [5.74, 6) is 0.0950. The van der Waals surface area contributed by atoms with Crippen molar-refractivity contribution in [1.82, 2.24) is 18.9 Å². The molecule has 0 spiro atoms. The summed E-state index contributed by atoms with van der Waals surface area (Å²) in [6, 6.07) is 20.8. The number of rotatable bonds is 7. The first-order valence-corrected chi connectivity index (χ1v) is 11.8. The molecule has 5 rings (SSSR count). The van der Waals surface area contributed by atoms with Gasteiger partial charge in [-0.25, -0.2) is 14.8 Å². The number of benzene rings is 2. The molecule has 170 valence electrons. The molecule has 8 heteroatoms. The first kappa shape index (κ1) is 21.9. The molecule has 3 aromatic heterocycles. The van der Waals surface area contributed by atoms with Crippen LogP contribution in [0.2, 0.25) is 0 Å². The lowest BCUT2D eigenvalue weighted by Gasteiger charge is -2.13. The van der Waals surface area contributed by atoms with E-state index >= 15 is 0 Å². The van der Waals surface area contributed by atoms with Gasteiger partial charge in [-0.2, -0.15) is 0 Å². The fourth-order valence-electron chi connectivity index (χ4n) is 3.83. The number of carbonyl (C=O) groups excluding carboxylic acids is 1. The summed E-state index contributed by atoms with van der Waals surface area (Å²) >= 11 is 1.46. The van der Waals surface area contributed by atoms with Gasteiger partial charge in [0.2, 0.25) is 0 Å². The Labute approximate surface area is 200 Å². The van der Waals surface area contributed by atoms with E-state index < -0.39 is 5.97 Å². The zero-order chi connectivity index (χ0) is 23.5. The van der Waals surface area contributed by atoms with Crippen LogP contribution < -0.4 is 5.56 Å². The average molecular weight is 471 g/mol. The van der Waals surface area contributed by atoms with Gasteiger partial charge in [0, 0.05) is 24.7 Å². The number of hydrogen-bond acceptors (Lipinski definition) is 6. The molecule has 0 amide bonds. The van der Waals surface area contributed by atoms with Crippen molar-refractivity contribution >= 4 is 34.3 Å². The van der Waals surface area contributed by atoms with Crippen molar-refractivity contribution < 1.29 is 9.53 Å². The SMILES string of the molecule is COC(=O)c1ccc2c(=O)n(CCc3ccccc3)c(SCc3cn4ccccc4n3)nc2c1. The Hall–Kier alpha value is -3.91. The van der Waals surface area contributed by atoms with E-state index in [1.165, 1.54) is 18.9 Å². The minimum Gasteiger partial charge on any atom is -0.465 e. The largest absolute Gasteiger partial charge is 0.465 e. The molecule has 0 aliphatic rings. The number of nitrogens with zero attached hydrogens (tertiary/aromatic N) is 4. The van der Waals surface area contributed by atoms with Crippen molar-refractivity contribution in [1.29, 1.82) is 0 Å². The van der Waals surface area contributed by atoms with Crippen LogP contribution in [0.5, 0.6) is 0 Å². The van der Waals surface area contributed by atoms with Gasteiger partial charge in [0.05, 0.1) is 29.3 Å². The van der Waals surface area contributed by atoms with Gasteiger partial charge in [0.15, 0.2) is 5.16 Å². The van der Waals surface area contributed by atoms with Crippen LogP contribution in [0.15, 0.2) is 89.1 Å². The summed E-state index contributed by atoms with van der Waals surface area (Å²) in [6.07, 6.45) is 4.64. The predicted molar refractivity (Wildman–Crippen MR) is 132 cm³/mol. The van der Waals surface area contributed by atoms with Crippen molar-refractivity contribution in [3.05, 3.63) is 106 Å². The Bertz CT molecular complexity index is 1510. The number of esters is 1. The molecule has 0 radical (unpaired) electrons. The molecule has 0 N–H and O–H groups in total. The van der Waals surface area contributed by atoms with Crippen LogP contribution in [0.1, 0.15) is 21.6 Å². The summed E-state index contributed by atoms with van der Waals surface area (Å²) in [4.78, 5) is 34.9. The molecule has 0 saturated carbocycles. The average Bonchev–Trinajstić information content (AvgIpc) is 3.30. The second kappa shape index (κ2) is 9.52. The molecule has 0 fully saturated rings. The smallest absolute Gasteiger partial charge is 0.337 e. The highest BCUT2D eigenvalue weighted by atomic mass is 32.2. The van der Waals surface area contributed by atoms with E-state index in [0.717, 1.165) is 16.9 Å². The van der Waals surface area contributed by atoms with E-state index in [1.54, 1.807) is 22.8 Å². The van der Waals surface area contributed by atoms with Crippen LogP contribution in [-0.2, 0) is 23.5 Å². The Morgan fingerprint density at radius 2 is 1.85 bits per heavy atom. The predicted octanol–water partition coefficient (Wildman–Crippen LogP) is 4.37. The van der Waals surface area contributed by atoms with Gasteiger partial charge in [-0.1, -0.05) is 48.2 Å². The van der Waals surface area contributed by atoms with Crippen molar-refractivity contribution in [2.45, 2.75) is 23.9 Å². The van der Waals surface area contributed by atoms with Crippen LogP contribution >= 0.6 is 11.8 Å². The molecule has 7 nitrogen and oxygen atoms in total. The lowest BCUT2D eigenvalue weighted by atomic mass is 10.1. The van der Waals surface area contributed by atoms with Crippen LogP contribution in [0, 0.1) is 0 Å². The summed E-state index contributed by atoms with van der Waals surface area (Å²) in [5.41, 5.74) is 3.61. The Kier molecular flexibility index (Phi) is 6.14. The Morgan fingerprint density at radius 1 is 1.03 bits per heavy atom. The van der Waals surface area contributed by atoms with Crippen LogP contribution in [0.25, 0.3) is 16.6 Å². The highest BCUT2D eigenvalue weighted by molar-refractivity contribution is 7.98. The van der Waals surface area contributed by atoms with E-state index in [2.05, 4.69) is 4.98 Å². The number of aryl methyl sites for hydroxylation is 1. The van der Waals surface area contributed by atoms with Crippen LogP contribution in [-0.4, -0.2) is 32.0 Å². The van der Waals surface area contributed by atoms with Gasteiger partial charge in [-0.3, -0.25) is 9.36 Å². The van der Waals surface area contributed by atoms with Gasteiger partial charge < -0.3 is 9.14 Å². The summed E-state index contributed by atoms with van der Waals surface area (Å²) in [5, 5.41) is 1.06. The zero-order valence-electron chi connectivity index (χ0n) is 18.5. The molecule has 0 atom stereocenters. The molecule has 2 aromatic carbocycles. The van der Waals surface area contributed by atoms with Crippen LogP contribution in [0.3, 0.4) is 0 Å². The van der Waals surface area contributed by atoms with E-state index in [4.69, 9.17) is 9.72 Å². The maximum absolute atomic E-state index is 13.4. The summed E-state index contributed by atoms with van der Waals surface area (Å²) in [7, 11) is 1.33. The monoisotopic (exact) mass is 470 g/mol. The van der Waals surface area contributed by atoms with E-state index in [9.17, 15) is 9.59 Å². The molecule has 0 bridgehead atoms. The standard InChI is InChI=1S/C26H22N4O3S/c1-33-25(32)19-10-11-21-22(15-19)28-26(30(24(21)31)14-12-18-7-3-2-4-8-18)34-17-20-16-29-13-6-5-9-23(29)27-20/h2-11,13,15-16H,12,14,17H2,1H3. The first-order chi connectivity index (χ1) is 16.6. The number of imidazole rings is 1. The van der Waals surface area contributed by atoms with Gasteiger partial charge in [0.25, 0.3) is 5.56 Å². The van der Waals surface area contributed by atoms with E-state index in [0.29, 0.717) is 40.3 Å². The molecule has 0 aliphatic heterocycles. The molecular formula is C26H22N4O3S. The van der Waals surface area contributed by atoms with Crippen molar-refractivity contribution in [3.63, 3.8) is 0 Å². The van der Waals surface area contributed by atoms with Crippen molar-refractivity contribution in [2.24, 2.45) is 0 Å². The third kappa shape index (κ3) is 4.45. The summed E-state index contributed by atoms with van der Waals surface area (Å²) < 4.78 is 8.51. The summed E-state index contributed by atoms with van der Waals surface area (Å²) in [6.45, 7) is 0.498. The number of carbonyl (C=O) groups is 1. The highest BCUT2D eigenvalue weighted by Crippen LogP contribution is 2.23. The normalized spacial score (nSPS) is 11.2. The van der Waals surface area contributed by atoms with Gasteiger partial charge in [-0.05, 0) is 42.3 Å². The number of aromatic nitrogens is 4. The first-order valence-electron chi connectivity index (χ1n) is 10.8. The van der Waals surface area contributed by atoms with E-state index in [-0.39, 0.29) is 5.56 Å². The molecule has 5 aromatic rings. The maximum atomic E-state index is 13.4. The minimum absolute atomic E-state index is 0.130. The molecule has 34 heavy (non-hydrogen) atoms. The minimum atomic E-state index is -0.462. The number of ether oxygens (including phenoxy) is 1. The number of thioether (sulfide) groups is 1. The lowest BCUT2D eigenvalue weighted by molar-refractivity contribution is 0.0601. The second-order valence-electron chi connectivity index (χ2n) is 7.80. The topological polar surface area (TPSA) is 78.5 Å². The molecule has 0 aliphatic carbocycles. The van der Waals surface area contributed by atoms with E-state index in [1.807, 2.05) is 65.3 Å². The lowest BCUT2D eigenvalue weighted by Crippen LogP contribution is -2.24. The quantitative estimate of drug-likeness (QED) is 0.200.